The lowest BCUT2D eigenvalue weighted by molar-refractivity contribution is -0.148. The summed E-state index contributed by atoms with van der Waals surface area (Å²) in [6.45, 7) is 4.58. The standard InChI is InChI=1S/C22H22Cl2N8O9S3/c1-22(2,3)41-20(37)27-18-25-9(7-43-18)11(13(23)24)14(35)26-12-15(36)32-16(40-21(38)39)8(5-42-17(12)32)6-44-19-28-29-30-31(19)4-10(33)34/h7,12,17H,4-6H2,1-3H3,(H,26,35)(H,33,34)(H,38,39)(H,25,27,37)/t12?,17-/m0/s1. The van der Waals surface area contributed by atoms with Crippen LogP contribution >= 0.6 is 58.1 Å². The SMILES string of the molecule is CC(C)(C)OC(=O)Nc1nc(C(C(=O)NC2C(=O)N3C(OC(=O)O)=C(CSc4nnnn4CC(=O)O)CS[C@@H]23)=C(Cl)Cl)cs1. The van der Waals surface area contributed by atoms with Crippen LogP contribution in [-0.2, 0) is 30.4 Å². The number of aliphatic carboxylic acids is 1. The Kier molecular flexibility index (Phi) is 10.3. The van der Waals surface area contributed by atoms with Gasteiger partial charge in [0, 0.05) is 22.5 Å². The minimum atomic E-state index is -1.66. The van der Waals surface area contributed by atoms with E-state index in [1.165, 1.54) is 17.1 Å². The largest absolute Gasteiger partial charge is 0.512 e. The minimum absolute atomic E-state index is 0.0258. The van der Waals surface area contributed by atoms with Crippen LogP contribution in [0.15, 0.2) is 26.5 Å². The van der Waals surface area contributed by atoms with Crippen LogP contribution in [0, 0.1) is 0 Å². The number of carboxylic acid groups (broad SMARTS) is 2. The van der Waals surface area contributed by atoms with Gasteiger partial charge in [-0.25, -0.2) is 19.3 Å². The first kappa shape index (κ1) is 33.3. The van der Waals surface area contributed by atoms with Crippen molar-refractivity contribution in [3.05, 3.63) is 27.0 Å². The summed E-state index contributed by atoms with van der Waals surface area (Å²) in [6.07, 6.45) is -2.42. The molecule has 1 saturated heterocycles. The second kappa shape index (κ2) is 13.6. The number of ether oxygens (including phenoxy) is 2. The number of fused-ring (bicyclic) bond motifs is 1. The molecule has 4 heterocycles. The molecule has 44 heavy (non-hydrogen) atoms. The summed E-state index contributed by atoms with van der Waals surface area (Å²) in [5.74, 6) is -2.63. The van der Waals surface area contributed by atoms with E-state index in [9.17, 15) is 29.1 Å². The Labute approximate surface area is 270 Å². The van der Waals surface area contributed by atoms with Crippen LogP contribution in [0.25, 0.3) is 5.57 Å². The molecule has 236 valence electrons. The Hall–Kier alpha value is -3.59. The number of nitrogens with one attached hydrogen (secondary N) is 2. The number of β-lactam (4-membered cyclic amide) rings is 1. The number of thioether (sulfide) groups is 2. The molecule has 4 N–H and O–H groups in total. The first-order valence-corrected chi connectivity index (χ1v) is 15.8. The Balaban J connectivity index is 1.46. The number of carboxylic acids is 1. The Morgan fingerprint density at radius 2 is 1.95 bits per heavy atom. The molecule has 0 spiro atoms. The molecule has 0 aliphatic carbocycles. The molecule has 0 saturated carbocycles. The summed E-state index contributed by atoms with van der Waals surface area (Å²) >= 11 is 15.2. The lowest BCUT2D eigenvalue weighted by Gasteiger charge is -2.49. The molecule has 2 aromatic heterocycles. The number of amides is 3. The molecule has 0 radical (unpaired) electrons. The highest BCUT2D eigenvalue weighted by molar-refractivity contribution is 8.01. The van der Waals surface area contributed by atoms with Crippen LogP contribution in [0.5, 0.6) is 0 Å². The van der Waals surface area contributed by atoms with E-state index >= 15 is 0 Å². The van der Waals surface area contributed by atoms with Gasteiger partial charge in [-0.05, 0) is 31.2 Å². The number of hydrogen-bond acceptors (Lipinski definition) is 14. The monoisotopic (exact) mass is 708 g/mol. The van der Waals surface area contributed by atoms with E-state index in [1.807, 2.05) is 0 Å². The Morgan fingerprint density at radius 1 is 1.23 bits per heavy atom. The molecule has 0 aromatic carbocycles. The van der Waals surface area contributed by atoms with Gasteiger partial charge in [-0.15, -0.1) is 28.2 Å². The Bertz CT molecular complexity index is 1570. The molecule has 17 nitrogen and oxygen atoms in total. The topological polar surface area (TPSA) is 228 Å². The predicted molar refractivity (Wildman–Crippen MR) is 158 cm³/mol. The molecule has 3 amide bonds. The van der Waals surface area contributed by atoms with Crippen molar-refractivity contribution in [2.24, 2.45) is 0 Å². The summed E-state index contributed by atoms with van der Waals surface area (Å²) < 4.78 is 10.7. The summed E-state index contributed by atoms with van der Waals surface area (Å²) in [5, 5.41) is 35.1. The molecule has 1 unspecified atom stereocenters. The number of hydrogen-bond donors (Lipinski definition) is 4. The van der Waals surface area contributed by atoms with Crippen LogP contribution in [-0.4, -0.2) is 98.9 Å². The van der Waals surface area contributed by atoms with Gasteiger partial charge in [-0.1, -0.05) is 35.0 Å². The molecule has 4 rings (SSSR count). The normalized spacial score (nSPS) is 17.8. The van der Waals surface area contributed by atoms with E-state index in [0.29, 0.717) is 5.57 Å². The predicted octanol–water partition coefficient (Wildman–Crippen LogP) is 2.81. The van der Waals surface area contributed by atoms with E-state index < -0.39 is 58.1 Å². The highest BCUT2D eigenvalue weighted by atomic mass is 35.5. The van der Waals surface area contributed by atoms with Crippen LogP contribution in [0.3, 0.4) is 0 Å². The number of nitrogens with zero attached hydrogens (tertiary/aromatic N) is 6. The molecular formula is C22H22Cl2N8O9S3. The fourth-order valence-electron chi connectivity index (χ4n) is 3.74. The zero-order chi connectivity index (χ0) is 32.3. The van der Waals surface area contributed by atoms with Gasteiger partial charge in [-0.2, -0.15) is 0 Å². The van der Waals surface area contributed by atoms with Gasteiger partial charge in [0.1, 0.15) is 28.1 Å². The first-order chi connectivity index (χ1) is 20.6. The van der Waals surface area contributed by atoms with Crippen LogP contribution in [0.4, 0.5) is 14.7 Å². The molecule has 2 aliphatic rings. The third-order valence-electron chi connectivity index (χ3n) is 5.41. The molecular weight excluding hydrogens is 687 g/mol. The maximum atomic E-state index is 13.2. The van der Waals surface area contributed by atoms with Crippen molar-refractivity contribution in [1.82, 2.24) is 35.4 Å². The maximum absolute atomic E-state index is 13.2. The van der Waals surface area contributed by atoms with Crippen LogP contribution in [0.1, 0.15) is 26.5 Å². The number of anilines is 1. The number of aromatic nitrogens is 5. The zero-order valence-corrected chi connectivity index (χ0v) is 26.7. The van der Waals surface area contributed by atoms with Crippen molar-refractivity contribution < 1.29 is 43.7 Å². The van der Waals surface area contributed by atoms with E-state index in [-0.39, 0.29) is 38.9 Å². The average Bonchev–Trinajstić information content (AvgIpc) is 3.53. The van der Waals surface area contributed by atoms with Crippen molar-refractivity contribution in [3.63, 3.8) is 0 Å². The first-order valence-electron chi connectivity index (χ1n) is 12.1. The number of carbonyl (C=O) groups excluding carboxylic acids is 3. The highest BCUT2D eigenvalue weighted by Crippen LogP contribution is 2.42. The third kappa shape index (κ3) is 7.92. The minimum Gasteiger partial charge on any atom is -0.480 e. The molecule has 0 bridgehead atoms. The number of thiazole rings is 1. The van der Waals surface area contributed by atoms with Gasteiger partial charge in [0.2, 0.25) is 11.0 Å². The number of rotatable bonds is 10. The maximum Gasteiger partial charge on any atom is 0.512 e. The number of tetrazole rings is 1. The third-order valence-corrected chi connectivity index (χ3v) is 8.93. The Morgan fingerprint density at radius 3 is 2.59 bits per heavy atom. The fourth-order valence-corrected chi connectivity index (χ4v) is 7.12. The smallest absolute Gasteiger partial charge is 0.480 e. The van der Waals surface area contributed by atoms with Gasteiger partial charge >= 0.3 is 18.2 Å². The van der Waals surface area contributed by atoms with Crippen molar-refractivity contribution in [3.8, 4) is 0 Å². The van der Waals surface area contributed by atoms with Crippen molar-refractivity contribution in [2.75, 3.05) is 16.8 Å². The average molecular weight is 710 g/mol. The van der Waals surface area contributed by atoms with Crippen molar-refractivity contribution in [1.29, 1.82) is 0 Å². The van der Waals surface area contributed by atoms with Gasteiger partial charge < -0.3 is 25.0 Å². The van der Waals surface area contributed by atoms with E-state index in [2.05, 4.69) is 31.1 Å². The molecule has 1 fully saturated rings. The second-order valence-corrected chi connectivity index (χ2v) is 13.6. The quantitative estimate of drug-likeness (QED) is 0.120. The lowest BCUT2D eigenvalue weighted by Crippen LogP contribution is -2.70. The van der Waals surface area contributed by atoms with Gasteiger partial charge in [-0.3, -0.25) is 24.6 Å². The van der Waals surface area contributed by atoms with Crippen molar-refractivity contribution >= 4 is 98.8 Å². The summed E-state index contributed by atoms with van der Waals surface area (Å²) in [7, 11) is 0. The summed E-state index contributed by atoms with van der Waals surface area (Å²) in [6, 6.07) is -1.10. The van der Waals surface area contributed by atoms with Crippen molar-refractivity contribution in [2.45, 2.75) is 49.5 Å². The lowest BCUT2D eigenvalue weighted by atomic mass is 10.1. The van der Waals surface area contributed by atoms with Gasteiger partial charge in [0.05, 0.1) is 11.3 Å². The second-order valence-electron chi connectivity index (χ2n) is 9.74. The van der Waals surface area contributed by atoms with Gasteiger partial charge in [0.15, 0.2) is 5.13 Å². The van der Waals surface area contributed by atoms with Crippen LogP contribution in [0.2, 0.25) is 0 Å². The van der Waals surface area contributed by atoms with Crippen LogP contribution < -0.4 is 10.6 Å². The van der Waals surface area contributed by atoms with E-state index in [4.69, 9.17) is 37.8 Å². The molecule has 2 aliphatic heterocycles. The zero-order valence-electron chi connectivity index (χ0n) is 22.8. The molecule has 2 aromatic rings. The van der Waals surface area contributed by atoms with E-state index in [1.54, 1.807) is 20.8 Å². The summed E-state index contributed by atoms with van der Waals surface area (Å²) in [5.41, 5.74) is -0.585. The molecule has 2 atom stereocenters. The number of carbonyl (C=O) groups is 5. The summed E-state index contributed by atoms with van der Waals surface area (Å²) in [4.78, 5) is 66.2. The fraction of sp³-hybridized carbons (Fsp3) is 0.409. The van der Waals surface area contributed by atoms with E-state index in [0.717, 1.165) is 32.7 Å². The highest BCUT2D eigenvalue weighted by Gasteiger charge is 2.54. The molecule has 22 heteroatoms. The van der Waals surface area contributed by atoms with Gasteiger partial charge in [0.25, 0.3) is 11.8 Å². The number of halogens is 2.